The first-order valence-electron chi connectivity index (χ1n) is 5.89. The maximum atomic E-state index is 12.3. The number of nitrogens with one attached hydrogen (secondary N) is 1. The van der Waals surface area contributed by atoms with Gasteiger partial charge >= 0.3 is 0 Å². The van der Waals surface area contributed by atoms with Crippen molar-refractivity contribution in [2.24, 2.45) is 0 Å². The van der Waals surface area contributed by atoms with Crippen molar-refractivity contribution < 1.29 is 9.53 Å². The molecule has 100 valence electrons. The summed E-state index contributed by atoms with van der Waals surface area (Å²) in [5.41, 5.74) is 0.339. The fourth-order valence-corrected chi connectivity index (χ4v) is 1.52. The van der Waals surface area contributed by atoms with E-state index in [9.17, 15) is 4.79 Å². The van der Waals surface area contributed by atoms with E-state index in [0.717, 1.165) is 0 Å². The predicted molar refractivity (Wildman–Crippen MR) is 69.6 cm³/mol. The van der Waals surface area contributed by atoms with Gasteiger partial charge in [-0.15, -0.1) is 0 Å². The fraction of sp³-hybridized carbons (Fsp3) is 0.583. The number of hydrogen-bond donors (Lipinski definition) is 1. The van der Waals surface area contributed by atoms with E-state index in [-0.39, 0.29) is 11.9 Å². The average Bonchev–Trinajstić information content (AvgIpc) is 2.38. The molecule has 0 radical (unpaired) electrons. The summed E-state index contributed by atoms with van der Waals surface area (Å²) in [5, 5.41) is 2.86. The minimum absolute atomic E-state index is 0.0905. The summed E-state index contributed by atoms with van der Waals surface area (Å²) in [5.74, 6) is 0.447. The number of hydrogen-bond acceptors (Lipinski definition) is 5. The average molecular weight is 252 g/mol. The van der Waals surface area contributed by atoms with Crippen LogP contribution in [0.1, 0.15) is 24.3 Å². The largest absolute Gasteiger partial charge is 0.383 e. The van der Waals surface area contributed by atoms with Crippen molar-refractivity contribution in [3.8, 4) is 0 Å². The number of rotatable bonds is 6. The van der Waals surface area contributed by atoms with Crippen LogP contribution in [0.25, 0.3) is 0 Å². The molecule has 0 atom stereocenters. The van der Waals surface area contributed by atoms with Crippen LogP contribution in [0.15, 0.2) is 12.4 Å². The second-order valence-corrected chi connectivity index (χ2v) is 4.12. The van der Waals surface area contributed by atoms with E-state index >= 15 is 0 Å². The van der Waals surface area contributed by atoms with E-state index in [1.807, 2.05) is 13.8 Å². The molecule has 1 rings (SSSR count). The summed E-state index contributed by atoms with van der Waals surface area (Å²) < 4.78 is 5.01. The van der Waals surface area contributed by atoms with Gasteiger partial charge in [0, 0.05) is 26.7 Å². The molecule has 0 bridgehead atoms. The van der Waals surface area contributed by atoms with Gasteiger partial charge in [-0.3, -0.25) is 9.78 Å². The molecule has 6 nitrogen and oxygen atoms in total. The third-order valence-electron chi connectivity index (χ3n) is 2.53. The second-order valence-electron chi connectivity index (χ2n) is 4.12. The Balaban J connectivity index is 2.87. The molecule has 1 aromatic heterocycles. The summed E-state index contributed by atoms with van der Waals surface area (Å²) in [6, 6.07) is 0.0905. The Kier molecular flexibility index (Phi) is 5.51. The smallest absolute Gasteiger partial charge is 0.274 e. The Morgan fingerprint density at radius 2 is 2.22 bits per heavy atom. The maximum Gasteiger partial charge on any atom is 0.274 e. The Hall–Kier alpha value is -1.69. The van der Waals surface area contributed by atoms with Crippen LogP contribution in [0, 0.1) is 0 Å². The molecule has 18 heavy (non-hydrogen) atoms. The quantitative estimate of drug-likeness (QED) is 0.818. The van der Waals surface area contributed by atoms with Gasteiger partial charge in [0.1, 0.15) is 11.5 Å². The zero-order valence-electron chi connectivity index (χ0n) is 11.3. The number of methoxy groups -OCH3 is 1. The Morgan fingerprint density at radius 3 is 2.78 bits per heavy atom. The van der Waals surface area contributed by atoms with E-state index in [4.69, 9.17) is 4.74 Å². The number of ether oxygens (including phenoxy) is 1. The highest BCUT2D eigenvalue weighted by Crippen LogP contribution is 2.08. The topological polar surface area (TPSA) is 67.4 Å². The van der Waals surface area contributed by atoms with Gasteiger partial charge in [0.05, 0.1) is 19.0 Å². The standard InChI is InChI=1S/C12H20N4O2/c1-9(2)16(5-6-18-4)12(17)10-7-14-8-11(13-3)15-10/h7-9H,5-6H2,1-4H3,(H,13,15). The molecule has 1 aromatic rings. The Bertz CT molecular complexity index is 395. The first kappa shape index (κ1) is 14.4. The maximum absolute atomic E-state index is 12.3. The molecular weight excluding hydrogens is 232 g/mol. The van der Waals surface area contributed by atoms with Crippen molar-refractivity contribution >= 4 is 11.7 Å². The first-order chi connectivity index (χ1) is 8.60. The van der Waals surface area contributed by atoms with Crippen LogP contribution in [0.5, 0.6) is 0 Å². The van der Waals surface area contributed by atoms with Gasteiger partial charge in [-0.1, -0.05) is 0 Å². The van der Waals surface area contributed by atoms with Crippen LogP contribution in [-0.2, 0) is 4.74 Å². The molecule has 1 heterocycles. The lowest BCUT2D eigenvalue weighted by atomic mass is 10.2. The number of anilines is 1. The van der Waals surface area contributed by atoms with E-state index < -0.39 is 0 Å². The van der Waals surface area contributed by atoms with Crippen molar-refractivity contribution in [1.29, 1.82) is 0 Å². The molecule has 0 unspecified atom stereocenters. The molecule has 0 saturated heterocycles. The number of aromatic nitrogens is 2. The fourth-order valence-electron chi connectivity index (χ4n) is 1.52. The summed E-state index contributed by atoms with van der Waals surface area (Å²) in [7, 11) is 3.35. The van der Waals surface area contributed by atoms with E-state index in [0.29, 0.717) is 24.7 Å². The molecule has 1 amide bonds. The highest BCUT2D eigenvalue weighted by Gasteiger charge is 2.20. The van der Waals surface area contributed by atoms with Crippen molar-refractivity contribution in [3.05, 3.63) is 18.1 Å². The van der Waals surface area contributed by atoms with E-state index in [2.05, 4.69) is 15.3 Å². The number of amides is 1. The third kappa shape index (κ3) is 3.66. The lowest BCUT2D eigenvalue weighted by molar-refractivity contribution is 0.0629. The van der Waals surface area contributed by atoms with Crippen LogP contribution >= 0.6 is 0 Å². The molecule has 6 heteroatoms. The van der Waals surface area contributed by atoms with Crippen molar-refractivity contribution in [2.45, 2.75) is 19.9 Å². The minimum atomic E-state index is -0.133. The molecule has 0 aliphatic carbocycles. The lowest BCUT2D eigenvalue weighted by Crippen LogP contribution is -2.39. The Labute approximate surface area is 107 Å². The van der Waals surface area contributed by atoms with Gasteiger partial charge < -0.3 is 15.0 Å². The van der Waals surface area contributed by atoms with Crippen LogP contribution in [0.4, 0.5) is 5.82 Å². The molecule has 1 N–H and O–H groups in total. The highest BCUT2D eigenvalue weighted by atomic mass is 16.5. The Morgan fingerprint density at radius 1 is 1.50 bits per heavy atom. The van der Waals surface area contributed by atoms with Gasteiger partial charge in [-0.2, -0.15) is 0 Å². The molecular formula is C12H20N4O2. The normalized spacial score (nSPS) is 10.5. The summed E-state index contributed by atoms with van der Waals surface area (Å²) in [4.78, 5) is 22.2. The molecule has 0 aliphatic heterocycles. The van der Waals surface area contributed by atoms with Crippen molar-refractivity contribution in [1.82, 2.24) is 14.9 Å². The predicted octanol–water partition coefficient (Wildman–Crippen LogP) is 1.02. The van der Waals surface area contributed by atoms with Crippen LogP contribution in [-0.4, -0.2) is 54.1 Å². The van der Waals surface area contributed by atoms with Gasteiger partial charge in [0.2, 0.25) is 0 Å². The summed E-state index contributed by atoms with van der Waals surface area (Å²) in [6.07, 6.45) is 3.05. The van der Waals surface area contributed by atoms with E-state index in [1.54, 1.807) is 25.3 Å². The number of carbonyl (C=O) groups is 1. The van der Waals surface area contributed by atoms with Gasteiger partial charge in [-0.05, 0) is 13.8 Å². The second kappa shape index (κ2) is 6.90. The summed E-state index contributed by atoms with van der Waals surface area (Å²) in [6.45, 7) is 4.97. The molecule has 0 spiro atoms. The van der Waals surface area contributed by atoms with Crippen LogP contribution in [0.3, 0.4) is 0 Å². The number of carbonyl (C=O) groups excluding carboxylic acids is 1. The van der Waals surface area contributed by atoms with E-state index in [1.165, 1.54) is 6.20 Å². The van der Waals surface area contributed by atoms with Crippen LogP contribution in [0.2, 0.25) is 0 Å². The number of nitrogens with zero attached hydrogens (tertiary/aromatic N) is 3. The molecule has 0 aliphatic rings. The van der Waals surface area contributed by atoms with Crippen molar-refractivity contribution in [3.63, 3.8) is 0 Å². The SMILES string of the molecule is CNc1cncc(C(=O)N(CCOC)C(C)C)n1. The monoisotopic (exact) mass is 252 g/mol. The first-order valence-corrected chi connectivity index (χ1v) is 5.89. The lowest BCUT2D eigenvalue weighted by Gasteiger charge is -2.26. The third-order valence-corrected chi connectivity index (χ3v) is 2.53. The molecule has 0 saturated carbocycles. The van der Waals surface area contributed by atoms with Gasteiger partial charge in [0.25, 0.3) is 5.91 Å². The molecule has 0 aromatic carbocycles. The van der Waals surface area contributed by atoms with Crippen molar-refractivity contribution in [2.75, 3.05) is 32.6 Å². The van der Waals surface area contributed by atoms with Gasteiger partial charge in [0.15, 0.2) is 0 Å². The van der Waals surface area contributed by atoms with Gasteiger partial charge in [-0.25, -0.2) is 4.98 Å². The highest BCUT2D eigenvalue weighted by molar-refractivity contribution is 5.92. The molecule has 0 fully saturated rings. The van der Waals surface area contributed by atoms with Crippen LogP contribution < -0.4 is 5.32 Å². The zero-order valence-corrected chi connectivity index (χ0v) is 11.3. The summed E-state index contributed by atoms with van der Waals surface area (Å²) >= 11 is 0. The zero-order chi connectivity index (χ0) is 13.5. The minimum Gasteiger partial charge on any atom is -0.383 e.